The maximum atomic E-state index is 13.4. The number of benzene rings is 2. The van der Waals surface area contributed by atoms with Crippen LogP contribution in [0.2, 0.25) is 0 Å². The minimum absolute atomic E-state index is 0.0258. The molecule has 0 bridgehead atoms. The second kappa shape index (κ2) is 8.76. The number of alkyl halides is 2. The molecule has 0 saturated carbocycles. The van der Waals surface area contributed by atoms with Gasteiger partial charge in [-0.15, -0.1) is 0 Å². The number of carbonyl (C=O) groups is 1. The van der Waals surface area contributed by atoms with Gasteiger partial charge in [-0.05, 0) is 53.1 Å². The first-order valence-corrected chi connectivity index (χ1v) is 11.2. The number of halogens is 4. The lowest BCUT2D eigenvalue weighted by Gasteiger charge is -2.24. The third kappa shape index (κ3) is 4.59. The molecule has 0 aliphatic carbocycles. The van der Waals surface area contributed by atoms with Crippen LogP contribution in [0.4, 0.5) is 17.6 Å². The van der Waals surface area contributed by atoms with E-state index in [-0.39, 0.29) is 42.4 Å². The molecule has 2 aromatic carbocycles. The van der Waals surface area contributed by atoms with Crippen molar-refractivity contribution in [3.63, 3.8) is 0 Å². The monoisotopic (exact) mass is 486 g/mol. The first-order valence-electron chi connectivity index (χ1n) is 9.73. The summed E-state index contributed by atoms with van der Waals surface area (Å²) in [6.45, 7) is -2.80. The van der Waals surface area contributed by atoms with Crippen LogP contribution < -0.4 is 4.74 Å². The average Bonchev–Trinajstić information content (AvgIpc) is 3.34. The number of hydrogen-bond donors (Lipinski definition) is 1. The Morgan fingerprint density at radius 3 is 2.09 bits per heavy atom. The zero-order valence-electron chi connectivity index (χ0n) is 16.9. The van der Waals surface area contributed by atoms with Gasteiger partial charge in [0.2, 0.25) is 10.0 Å². The van der Waals surface area contributed by atoms with Gasteiger partial charge in [0.15, 0.2) is 17.7 Å². The number of hydrogen-bond acceptors (Lipinski definition) is 5. The van der Waals surface area contributed by atoms with Crippen molar-refractivity contribution in [2.45, 2.75) is 17.6 Å². The first kappa shape index (κ1) is 23.2. The van der Waals surface area contributed by atoms with Gasteiger partial charge in [-0.2, -0.15) is 13.1 Å². The van der Waals surface area contributed by atoms with Crippen LogP contribution >= 0.6 is 0 Å². The lowest BCUT2D eigenvalue weighted by Crippen LogP contribution is -2.38. The zero-order chi connectivity index (χ0) is 23.9. The number of aliphatic hydroxyl groups is 1. The largest absolute Gasteiger partial charge is 0.435 e. The molecular formula is C21H18F4N2O5S. The highest BCUT2D eigenvalue weighted by molar-refractivity contribution is 7.89. The fraction of sp³-hybridized carbons (Fsp3) is 0.286. The number of carbonyl (C=O) groups excluding carboxylic acids is 1. The van der Waals surface area contributed by atoms with E-state index < -0.39 is 40.3 Å². The van der Waals surface area contributed by atoms with E-state index in [4.69, 9.17) is 0 Å². The van der Waals surface area contributed by atoms with E-state index in [2.05, 4.69) is 4.74 Å². The van der Waals surface area contributed by atoms with Crippen LogP contribution in [0.3, 0.4) is 0 Å². The van der Waals surface area contributed by atoms with E-state index in [1.165, 1.54) is 21.3 Å². The molecule has 4 rings (SSSR count). The fourth-order valence-electron chi connectivity index (χ4n) is 3.81. The van der Waals surface area contributed by atoms with Crippen molar-refractivity contribution in [3.05, 3.63) is 70.8 Å². The first-order chi connectivity index (χ1) is 15.6. The molecule has 2 aliphatic rings. The van der Waals surface area contributed by atoms with Crippen LogP contribution in [0.15, 0.2) is 58.5 Å². The number of sulfonamides is 1. The molecule has 1 unspecified atom stereocenters. The average molecular weight is 486 g/mol. The SMILES string of the molecule is O=C(C(O)c1ccc(F)c(F)c1)N1CC2=C(C1)CN(S(=O)(=O)c1ccc(OC(F)F)cc1)C2. The van der Waals surface area contributed by atoms with Gasteiger partial charge in [-0.25, -0.2) is 17.2 Å². The normalized spacial score (nSPS) is 17.6. The summed E-state index contributed by atoms with van der Waals surface area (Å²) in [5.74, 6) is -3.16. The van der Waals surface area contributed by atoms with Crippen molar-refractivity contribution in [2.75, 3.05) is 26.2 Å². The maximum Gasteiger partial charge on any atom is 0.387 e. The van der Waals surface area contributed by atoms with Crippen LogP contribution in [0.25, 0.3) is 0 Å². The van der Waals surface area contributed by atoms with Crippen molar-refractivity contribution in [2.24, 2.45) is 0 Å². The van der Waals surface area contributed by atoms with Crippen molar-refractivity contribution >= 4 is 15.9 Å². The second-order valence-corrected chi connectivity index (χ2v) is 9.54. The zero-order valence-corrected chi connectivity index (χ0v) is 17.7. The highest BCUT2D eigenvalue weighted by Crippen LogP contribution is 2.32. The summed E-state index contributed by atoms with van der Waals surface area (Å²) in [6, 6.07) is 7.30. The molecule has 0 radical (unpaired) electrons. The highest BCUT2D eigenvalue weighted by atomic mass is 32.2. The van der Waals surface area contributed by atoms with E-state index >= 15 is 0 Å². The Balaban J connectivity index is 1.39. The standard InChI is InChI=1S/C21H18F4N2O5S/c22-17-6-1-12(7-18(17)23)19(28)20(29)26-8-13-10-27(11-14(13)9-26)33(30,31)16-4-2-15(3-5-16)32-21(24)25/h1-7,19,21,28H,8-11H2. The molecule has 0 fully saturated rings. The molecule has 33 heavy (non-hydrogen) atoms. The molecule has 2 heterocycles. The molecular weight excluding hydrogens is 468 g/mol. The van der Waals surface area contributed by atoms with Gasteiger partial charge in [0.05, 0.1) is 4.90 Å². The van der Waals surface area contributed by atoms with Crippen molar-refractivity contribution in [1.29, 1.82) is 0 Å². The third-order valence-corrected chi connectivity index (χ3v) is 7.30. The Labute approximate surface area is 186 Å². The molecule has 2 aliphatic heterocycles. The Morgan fingerprint density at radius 2 is 1.55 bits per heavy atom. The number of rotatable bonds is 6. The van der Waals surface area contributed by atoms with Crippen molar-refractivity contribution < 1.29 is 40.6 Å². The van der Waals surface area contributed by atoms with Gasteiger partial charge >= 0.3 is 6.61 Å². The summed E-state index contributed by atoms with van der Waals surface area (Å²) >= 11 is 0. The Morgan fingerprint density at radius 1 is 0.939 bits per heavy atom. The molecule has 0 aromatic heterocycles. The molecule has 1 amide bonds. The molecule has 1 N–H and O–H groups in total. The Kier molecular flexibility index (Phi) is 6.16. The van der Waals surface area contributed by atoms with Gasteiger partial charge in [0.1, 0.15) is 5.75 Å². The number of nitrogens with zero attached hydrogens (tertiary/aromatic N) is 2. The van der Waals surface area contributed by atoms with E-state index in [0.29, 0.717) is 11.1 Å². The number of amides is 1. The predicted octanol–water partition coefficient (Wildman–Crippen LogP) is 2.44. The van der Waals surface area contributed by atoms with Gasteiger partial charge in [0, 0.05) is 26.2 Å². The Bertz CT molecular complexity index is 1200. The van der Waals surface area contributed by atoms with Gasteiger partial charge in [-0.3, -0.25) is 4.79 Å². The molecule has 1 atom stereocenters. The van der Waals surface area contributed by atoms with Gasteiger partial charge in [0.25, 0.3) is 5.91 Å². The summed E-state index contributed by atoms with van der Waals surface area (Å²) in [5, 5.41) is 10.3. The molecule has 12 heteroatoms. The summed E-state index contributed by atoms with van der Waals surface area (Å²) in [5.41, 5.74) is 1.30. The Hall–Kier alpha value is -2.96. The van der Waals surface area contributed by atoms with Crippen molar-refractivity contribution in [1.82, 2.24) is 9.21 Å². The van der Waals surface area contributed by atoms with Gasteiger partial charge in [-0.1, -0.05) is 6.07 Å². The van der Waals surface area contributed by atoms with E-state index in [1.54, 1.807) is 0 Å². The predicted molar refractivity (Wildman–Crippen MR) is 107 cm³/mol. The van der Waals surface area contributed by atoms with E-state index in [1.807, 2.05) is 0 Å². The van der Waals surface area contributed by atoms with Gasteiger partial charge < -0.3 is 14.7 Å². The highest BCUT2D eigenvalue weighted by Gasteiger charge is 2.39. The van der Waals surface area contributed by atoms with Crippen LogP contribution in [0, 0.1) is 11.6 Å². The molecule has 176 valence electrons. The summed E-state index contributed by atoms with van der Waals surface area (Å²) in [6.07, 6.45) is -1.69. The minimum Gasteiger partial charge on any atom is -0.435 e. The molecule has 0 saturated heterocycles. The third-order valence-electron chi connectivity index (χ3n) is 5.49. The smallest absolute Gasteiger partial charge is 0.387 e. The van der Waals surface area contributed by atoms with E-state index in [9.17, 15) is 35.9 Å². The van der Waals surface area contributed by atoms with Crippen LogP contribution in [-0.2, 0) is 14.8 Å². The maximum absolute atomic E-state index is 13.4. The minimum atomic E-state index is -3.91. The molecule has 2 aromatic rings. The van der Waals surface area contributed by atoms with Crippen LogP contribution in [0.5, 0.6) is 5.75 Å². The topological polar surface area (TPSA) is 87.2 Å². The lowest BCUT2D eigenvalue weighted by molar-refractivity contribution is -0.139. The lowest BCUT2D eigenvalue weighted by atomic mass is 10.1. The fourth-order valence-corrected chi connectivity index (χ4v) is 5.24. The summed E-state index contributed by atoms with van der Waals surface area (Å²) in [7, 11) is -3.91. The van der Waals surface area contributed by atoms with Crippen LogP contribution in [-0.4, -0.2) is 61.4 Å². The molecule has 7 nitrogen and oxygen atoms in total. The summed E-state index contributed by atoms with van der Waals surface area (Å²) < 4.78 is 82.3. The number of aliphatic hydroxyl groups excluding tert-OH is 1. The quantitative estimate of drug-likeness (QED) is 0.501. The van der Waals surface area contributed by atoms with E-state index in [0.717, 1.165) is 30.3 Å². The molecule has 0 spiro atoms. The second-order valence-electron chi connectivity index (χ2n) is 7.60. The van der Waals surface area contributed by atoms with Crippen molar-refractivity contribution in [3.8, 4) is 5.75 Å². The number of ether oxygens (including phenoxy) is 1. The van der Waals surface area contributed by atoms with Crippen LogP contribution in [0.1, 0.15) is 11.7 Å². The summed E-state index contributed by atoms with van der Waals surface area (Å²) in [4.78, 5) is 13.8.